The Balaban J connectivity index is 1.59. The Morgan fingerprint density at radius 3 is 2.46 bits per heavy atom. The topological polar surface area (TPSA) is 82.4 Å². The van der Waals surface area contributed by atoms with Crippen LogP contribution in [0.4, 0.5) is 15.8 Å². The number of pyridine rings is 1. The molecule has 0 spiro atoms. The number of hydrogen-bond donors (Lipinski definition) is 1. The fraction of sp³-hybridized carbons (Fsp3) is 0.300. The standard InChI is InChI=1S/C30H33FN6O3S/c1-34-13-15-36(16-14-34)24-17-25(35(2)41-3)28-33-26(29(38)32-18-21-9-11-23(31)12-10-21)27(30(39)37(28)19-24)40-20-22-7-5-4-6-8-22/h4-12,17,19H,13-16,18,20H2,1-3H3,(H,32,38). The van der Waals surface area contributed by atoms with Crippen LogP contribution in [0.25, 0.3) is 5.65 Å². The van der Waals surface area contributed by atoms with Crippen LogP contribution in [0, 0.1) is 5.82 Å². The van der Waals surface area contributed by atoms with Crippen molar-refractivity contribution in [2.45, 2.75) is 13.2 Å². The smallest absolute Gasteiger partial charge is 0.301 e. The van der Waals surface area contributed by atoms with E-state index in [1.807, 2.05) is 54.0 Å². The molecule has 1 aliphatic rings. The Labute approximate surface area is 242 Å². The number of likely N-dealkylation sites (N-methyl/N-ethyl adjacent to an activating group) is 1. The van der Waals surface area contributed by atoms with Gasteiger partial charge in [0.1, 0.15) is 12.4 Å². The summed E-state index contributed by atoms with van der Waals surface area (Å²) in [4.78, 5) is 36.8. The number of anilines is 2. The molecule has 1 N–H and O–H groups in total. The molecule has 4 aromatic rings. The monoisotopic (exact) mass is 576 g/mol. The lowest BCUT2D eigenvalue weighted by Crippen LogP contribution is -2.44. The zero-order chi connectivity index (χ0) is 28.9. The lowest BCUT2D eigenvalue weighted by atomic mass is 10.2. The molecule has 41 heavy (non-hydrogen) atoms. The van der Waals surface area contributed by atoms with Gasteiger partial charge in [-0.3, -0.25) is 14.0 Å². The Hall–Kier alpha value is -4.09. The lowest BCUT2D eigenvalue weighted by molar-refractivity contribution is 0.0940. The number of carbonyl (C=O) groups excluding carboxylic acids is 1. The molecule has 1 aliphatic heterocycles. The second kappa shape index (κ2) is 12.6. The Kier molecular flexibility index (Phi) is 8.75. The minimum Gasteiger partial charge on any atom is -0.481 e. The number of rotatable bonds is 9. The highest BCUT2D eigenvalue weighted by molar-refractivity contribution is 7.99. The van der Waals surface area contributed by atoms with Crippen LogP contribution in [0.2, 0.25) is 0 Å². The van der Waals surface area contributed by atoms with Gasteiger partial charge in [0.15, 0.2) is 11.3 Å². The first kappa shape index (κ1) is 28.4. The van der Waals surface area contributed by atoms with E-state index in [0.29, 0.717) is 16.9 Å². The van der Waals surface area contributed by atoms with Gasteiger partial charge >= 0.3 is 5.56 Å². The molecule has 11 heteroatoms. The first-order valence-electron chi connectivity index (χ1n) is 13.3. The third-order valence-corrected chi connectivity index (χ3v) is 7.88. The summed E-state index contributed by atoms with van der Waals surface area (Å²) in [6.45, 7) is 3.71. The predicted molar refractivity (Wildman–Crippen MR) is 161 cm³/mol. The fourth-order valence-corrected chi connectivity index (χ4v) is 4.97. The quantitative estimate of drug-likeness (QED) is 0.302. The summed E-state index contributed by atoms with van der Waals surface area (Å²) in [5.41, 5.74) is 2.94. The van der Waals surface area contributed by atoms with Crippen LogP contribution in [0.5, 0.6) is 5.75 Å². The number of fused-ring (bicyclic) bond motifs is 1. The van der Waals surface area contributed by atoms with Crippen molar-refractivity contribution in [2.75, 3.05) is 55.7 Å². The SMILES string of the molecule is CSN(C)c1cc(N2CCN(C)CC2)cn2c(=O)c(OCc3ccccc3)c(C(=O)NCc3ccc(F)cc3)nc12. The van der Waals surface area contributed by atoms with Crippen LogP contribution in [0.3, 0.4) is 0 Å². The van der Waals surface area contributed by atoms with Gasteiger partial charge in [-0.05, 0) is 36.4 Å². The summed E-state index contributed by atoms with van der Waals surface area (Å²) in [5, 5.41) is 2.81. The third-order valence-electron chi connectivity index (χ3n) is 7.14. The molecular formula is C30H33FN6O3S. The van der Waals surface area contributed by atoms with Crippen LogP contribution in [0.1, 0.15) is 21.6 Å². The van der Waals surface area contributed by atoms with Crippen LogP contribution >= 0.6 is 11.9 Å². The molecule has 2 aromatic heterocycles. The number of amides is 1. The van der Waals surface area contributed by atoms with Crippen LogP contribution in [-0.4, -0.2) is 66.7 Å². The number of halogens is 1. The molecule has 2 aromatic carbocycles. The second-order valence-electron chi connectivity index (χ2n) is 9.93. The molecule has 0 aliphatic carbocycles. The molecule has 0 saturated carbocycles. The van der Waals surface area contributed by atoms with E-state index in [9.17, 15) is 14.0 Å². The van der Waals surface area contributed by atoms with Gasteiger partial charge in [-0.15, -0.1) is 0 Å². The van der Waals surface area contributed by atoms with Gasteiger partial charge in [-0.25, -0.2) is 9.37 Å². The van der Waals surface area contributed by atoms with E-state index in [1.165, 1.54) is 28.5 Å². The summed E-state index contributed by atoms with van der Waals surface area (Å²) in [6, 6.07) is 17.3. The van der Waals surface area contributed by atoms with E-state index in [2.05, 4.69) is 22.2 Å². The van der Waals surface area contributed by atoms with Gasteiger partial charge in [0.2, 0.25) is 5.75 Å². The number of ether oxygens (including phenoxy) is 1. The van der Waals surface area contributed by atoms with Gasteiger partial charge in [0.25, 0.3) is 5.91 Å². The van der Waals surface area contributed by atoms with Gasteiger partial charge in [-0.2, -0.15) is 0 Å². The Morgan fingerprint density at radius 2 is 1.78 bits per heavy atom. The van der Waals surface area contributed by atoms with Crippen molar-refractivity contribution in [2.24, 2.45) is 0 Å². The molecule has 1 fully saturated rings. The minimum absolute atomic E-state index is 0.0950. The largest absolute Gasteiger partial charge is 0.481 e. The number of benzene rings is 2. The van der Waals surface area contributed by atoms with Gasteiger partial charge < -0.3 is 24.2 Å². The van der Waals surface area contributed by atoms with E-state index in [0.717, 1.165) is 37.4 Å². The number of aromatic nitrogens is 2. The second-order valence-corrected chi connectivity index (χ2v) is 10.8. The van der Waals surface area contributed by atoms with Gasteiger partial charge in [-0.1, -0.05) is 54.4 Å². The number of carbonyl (C=O) groups is 1. The van der Waals surface area contributed by atoms with Crippen LogP contribution in [-0.2, 0) is 13.2 Å². The Bertz CT molecular complexity index is 1570. The van der Waals surface area contributed by atoms with Crippen molar-refractivity contribution in [1.82, 2.24) is 19.6 Å². The highest BCUT2D eigenvalue weighted by Gasteiger charge is 2.25. The fourth-order valence-electron chi connectivity index (χ4n) is 4.64. The molecule has 214 valence electrons. The van der Waals surface area contributed by atoms with Gasteiger partial charge in [0, 0.05) is 52.2 Å². The summed E-state index contributed by atoms with van der Waals surface area (Å²) < 4.78 is 22.8. The van der Waals surface area contributed by atoms with Crippen molar-refractivity contribution in [3.05, 3.63) is 99.9 Å². The van der Waals surface area contributed by atoms with E-state index in [1.54, 1.807) is 18.3 Å². The average Bonchev–Trinajstić information content (AvgIpc) is 3.00. The van der Waals surface area contributed by atoms with E-state index in [-0.39, 0.29) is 30.4 Å². The van der Waals surface area contributed by atoms with Crippen LogP contribution < -0.4 is 24.8 Å². The number of nitrogens with one attached hydrogen (secondary N) is 1. The van der Waals surface area contributed by atoms with Crippen molar-refractivity contribution in [3.8, 4) is 5.75 Å². The highest BCUT2D eigenvalue weighted by atomic mass is 32.2. The molecule has 1 saturated heterocycles. The lowest BCUT2D eigenvalue weighted by Gasteiger charge is -2.34. The molecule has 0 atom stereocenters. The molecule has 5 rings (SSSR count). The van der Waals surface area contributed by atoms with E-state index < -0.39 is 11.5 Å². The maximum atomic E-state index is 14.1. The molecular weight excluding hydrogens is 543 g/mol. The van der Waals surface area contributed by atoms with Gasteiger partial charge in [0.05, 0.1) is 11.4 Å². The molecule has 3 heterocycles. The van der Waals surface area contributed by atoms with E-state index >= 15 is 0 Å². The first-order chi connectivity index (χ1) is 19.8. The number of piperazine rings is 1. The summed E-state index contributed by atoms with van der Waals surface area (Å²) >= 11 is 1.48. The Morgan fingerprint density at radius 1 is 1.07 bits per heavy atom. The average molecular weight is 577 g/mol. The zero-order valence-corrected chi connectivity index (χ0v) is 24.2. The molecule has 0 radical (unpaired) electrons. The summed E-state index contributed by atoms with van der Waals surface area (Å²) in [5.74, 6) is -1.04. The first-order valence-corrected chi connectivity index (χ1v) is 14.5. The van der Waals surface area contributed by atoms with Crippen molar-refractivity contribution in [1.29, 1.82) is 0 Å². The maximum absolute atomic E-state index is 14.1. The molecule has 0 bridgehead atoms. The predicted octanol–water partition coefficient (Wildman–Crippen LogP) is 3.81. The molecule has 0 unspecified atom stereocenters. The highest BCUT2D eigenvalue weighted by Crippen LogP contribution is 2.30. The normalized spacial score (nSPS) is 13.8. The third kappa shape index (κ3) is 6.47. The van der Waals surface area contributed by atoms with E-state index in [4.69, 9.17) is 9.72 Å². The summed E-state index contributed by atoms with van der Waals surface area (Å²) in [6.07, 6.45) is 3.72. The summed E-state index contributed by atoms with van der Waals surface area (Å²) in [7, 11) is 3.99. The minimum atomic E-state index is -0.558. The number of hydrogen-bond acceptors (Lipinski definition) is 8. The van der Waals surface area contributed by atoms with Crippen molar-refractivity contribution in [3.63, 3.8) is 0 Å². The zero-order valence-electron chi connectivity index (χ0n) is 23.3. The number of nitrogens with zero attached hydrogens (tertiary/aromatic N) is 5. The van der Waals surface area contributed by atoms with Crippen molar-refractivity contribution >= 4 is 34.9 Å². The van der Waals surface area contributed by atoms with Crippen molar-refractivity contribution < 1.29 is 13.9 Å². The molecule has 9 nitrogen and oxygen atoms in total. The molecule has 1 amide bonds. The van der Waals surface area contributed by atoms with Crippen LogP contribution in [0.15, 0.2) is 71.7 Å². The maximum Gasteiger partial charge on any atom is 0.301 e.